The van der Waals surface area contributed by atoms with Crippen LogP contribution in [0.4, 0.5) is 13.2 Å². The van der Waals surface area contributed by atoms with Gasteiger partial charge in [-0.25, -0.2) is 4.79 Å². The minimum atomic E-state index is -4.63. The highest BCUT2D eigenvalue weighted by atomic mass is 19.4. The molecule has 1 aliphatic rings. The van der Waals surface area contributed by atoms with Crippen LogP contribution in [0.3, 0.4) is 0 Å². The maximum Gasteiger partial charge on any atom is 0.396 e. The van der Waals surface area contributed by atoms with Gasteiger partial charge >= 0.3 is 12.1 Å². The van der Waals surface area contributed by atoms with Gasteiger partial charge in [0.15, 0.2) is 5.78 Å². The Labute approximate surface area is 124 Å². The lowest BCUT2D eigenvalue weighted by Gasteiger charge is -2.27. The van der Waals surface area contributed by atoms with E-state index in [1.54, 1.807) is 0 Å². The Kier molecular flexibility index (Phi) is 3.80. The highest BCUT2D eigenvalue weighted by Gasteiger charge is 2.49. The third-order valence-corrected chi connectivity index (χ3v) is 3.46. The fraction of sp³-hybridized carbons (Fsp3) is 0.429. The van der Waals surface area contributed by atoms with E-state index in [-0.39, 0.29) is 16.9 Å². The van der Waals surface area contributed by atoms with E-state index in [0.717, 1.165) is 6.20 Å². The monoisotopic (exact) mass is 317 g/mol. The lowest BCUT2D eigenvalue weighted by Crippen LogP contribution is -2.35. The number of alkyl halides is 3. The molecule has 1 aliphatic carbocycles. The number of halogens is 3. The summed E-state index contributed by atoms with van der Waals surface area (Å²) in [6, 6.07) is 0. The molecule has 0 amide bonds. The SMILES string of the molecule is Cc1c(C(=O)O)oc2c1C(=O)C(=CN(C)C)C(C(F)(F)F)C2. The second-order valence-electron chi connectivity index (χ2n) is 5.34. The number of fused-ring (bicyclic) bond motifs is 1. The van der Waals surface area contributed by atoms with Gasteiger partial charge in [0, 0.05) is 37.9 Å². The molecule has 0 aromatic carbocycles. The van der Waals surface area contributed by atoms with E-state index in [1.165, 1.54) is 25.9 Å². The van der Waals surface area contributed by atoms with Crippen molar-refractivity contribution >= 4 is 11.8 Å². The Bertz CT molecular complexity index is 670. The van der Waals surface area contributed by atoms with Crippen molar-refractivity contribution in [2.24, 2.45) is 5.92 Å². The molecule has 1 atom stereocenters. The van der Waals surface area contributed by atoms with Crippen molar-refractivity contribution in [3.05, 3.63) is 34.4 Å². The number of Topliss-reactive ketones (excluding diaryl/α,β-unsaturated/α-hetero) is 1. The molecule has 1 unspecified atom stereocenters. The molecule has 120 valence electrons. The van der Waals surface area contributed by atoms with Gasteiger partial charge in [-0.2, -0.15) is 13.2 Å². The van der Waals surface area contributed by atoms with Crippen LogP contribution in [0.2, 0.25) is 0 Å². The quantitative estimate of drug-likeness (QED) is 0.849. The summed E-state index contributed by atoms with van der Waals surface area (Å²) in [7, 11) is 3.02. The predicted molar refractivity (Wildman–Crippen MR) is 69.8 cm³/mol. The van der Waals surface area contributed by atoms with Crippen LogP contribution in [-0.4, -0.2) is 42.0 Å². The summed E-state index contributed by atoms with van der Waals surface area (Å²) in [6.45, 7) is 1.35. The maximum atomic E-state index is 13.2. The number of carboxylic acids is 1. The van der Waals surface area contributed by atoms with Gasteiger partial charge in [0.2, 0.25) is 5.76 Å². The third-order valence-electron chi connectivity index (χ3n) is 3.46. The van der Waals surface area contributed by atoms with Crippen molar-refractivity contribution in [1.29, 1.82) is 0 Å². The lowest BCUT2D eigenvalue weighted by molar-refractivity contribution is -0.164. The Morgan fingerprint density at radius 3 is 2.45 bits per heavy atom. The van der Waals surface area contributed by atoms with Crippen LogP contribution in [0.1, 0.15) is 32.2 Å². The zero-order chi connectivity index (χ0) is 16.8. The fourth-order valence-corrected chi connectivity index (χ4v) is 2.53. The molecule has 0 fully saturated rings. The second-order valence-corrected chi connectivity index (χ2v) is 5.34. The van der Waals surface area contributed by atoms with Gasteiger partial charge < -0.3 is 14.4 Å². The molecule has 0 bridgehead atoms. The van der Waals surface area contributed by atoms with Crippen molar-refractivity contribution < 1.29 is 32.3 Å². The molecule has 5 nitrogen and oxygen atoms in total. The van der Waals surface area contributed by atoms with Gasteiger partial charge in [-0.15, -0.1) is 0 Å². The van der Waals surface area contributed by atoms with Crippen LogP contribution in [0, 0.1) is 12.8 Å². The van der Waals surface area contributed by atoms with E-state index in [2.05, 4.69) is 0 Å². The number of ketones is 1. The van der Waals surface area contributed by atoms with E-state index in [0.29, 0.717) is 0 Å². The van der Waals surface area contributed by atoms with E-state index in [1.807, 2.05) is 0 Å². The average molecular weight is 317 g/mol. The van der Waals surface area contributed by atoms with Crippen LogP contribution < -0.4 is 0 Å². The third kappa shape index (κ3) is 2.60. The molecule has 8 heteroatoms. The minimum Gasteiger partial charge on any atom is -0.475 e. The van der Waals surface area contributed by atoms with Gasteiger partial charge in [0.25, 0.3) is 0 Å². The van der Waals surface area contributed by atoms with Gasteiger partial charge in [-0.3, -0.25) is 4.79 Å². The van der Waals surface area contributed by atoms with Crippen LogP contribution in [-0.2, 0) is 6.42 Å². The fourth-order valence-electron chi connectivity index (χ4n) is 2.53. The molecule has 1 N–H and O–H groups in total. The normalized spacial score (nSPS) is 20.2. The zero-order valence-electron chi connectivity index (χ0n) is 12.1. The molecule has 1 heterocycles. The van der Waals surface area contributed by atoms with E-state index < -0.39 is 41.6 Å². The van der Waals surface area contributed by atoms with E-state index in [4.69, 9.17) is 9.52 Å². The first-order chi connectivity index (χ1) is 10.0. The largest absolute Gasteiger partial charge is 0.475 e. The summed E-state index contributed by atoms with van der Waals surface area (Å²) in [4.78, 5) is 24.8. The molecule has 1 aromatic rings. The topological polar surface area (TPSA) is 70.7 Å². The number of carboxylic acid groups (broad SMARTS) is 1. The molecule has 0 radical (unpaired) electrons. The summed E-state index contributed by atoms with van der Waals surface area (Å²) in [5, 5.41) is 8.99. The standard InChI is InChI=1S/C14H14F3NO4/c1-6-10-9(22-12(6)13(20)21)4-8(14(15,16)17)7(11(10)19)5-18(2)3/h5,8H,4H2,1-3H3,(H,20,21). The highest BCUT2D eigenvalue weighted by molar-refractivity contribution is 6.13. The number of nitrogens with zero attached hydrogens (tertiary/aromatic N) is 1. The van der Waals surface area contributed by atoms with Crippen LogP contribution in [0.15, 0.2) is 16.2 Å². The first-order valence-electron chi connectivity index (χ1n) is 6.39. The van der Waals surface area contributed by atoms with Crippen molar-refractivity contribution in [3.63, 3.8) is 0 Å². The van der Waals surface area contributed by atoms with Crippen molar-refractivity contribution in [2.75, 3.05) is 14.1 Å². The predicted octanol–water partition coefficient (Wildman–Crippen LogP) is 2.65. The summed E-state index contributed by atoms with van der Waals surface area (Å²) in [6.07, 6.45) is -4.09. The van der Waals surface area contributed by atoms with Gasteiger partial charge in [0.05, 0.1) is 11.5 Å². The molecule has 1 aromatic heterocycles. The lowest BCUT2D eigenvalue weighted by atomic mass is 9.81. The number of carbonyl (C=O) groups is 2. The smallest absolute Gasteiger partial charge is 0.396 e. The Morgan fingerprint density at radius 2 is 2.00 bits per heavy atom. The summed E-state index contributed by atoms with van der Waals surface area (Å²) < 4.78 is 44.6. The summed E-state index contributed by atoms with van der Waals surface area (Å²) in [5.41, 5.74) is -0.436. The average Bonchev–Trinajstić information content (AvgIpc) is 2.68. The number of rotatable bonds is 2. The molecule has 2 rings (SSSR count). The van der Waals surface area contributed by atoms with E-state index >= 15 is 0 Å². The van der Waals surface area contributed by atoms with Crippen molar-refractivity contribution in [3.8, 4) is 0 Å². The van der Waals surface area contributed by atoms with Crippen LogP contribution in [0.25, 0.3) is 0 Å². The van der Waals surface area contributed by atoms with Gasteiger partial charge in [-0.05, 0) is 6.92 Å². The Balaban J connectivity index is 2.64. The Hall–Kier alpha value is -2.25. The van der Waals surface area contributed by atoms with Crippen LogP contribution >= 0.6 is 0 Å². The molecule has 0 saturated carbocycles. The zero-order valence-corrected chi connectivity index (χ0v) is 12.1. The molecule has 22 heavy (non-hydrogen) atoms. The number of aromatic carboxylic acids is 1. The minimum absolute atomic E-state index is 0.0535. The number of carbonyl (C=O) groups excluding carboxylic acids is 1. The molecular formula is C14H14F3NO4. The number of hydrogen-bond acceptors (Lipinski definition) is 4. The highest BCUT2D eigenvalue weighted by Crippen LogP contribution is 2.42. The number of furan rings is 1. The van der Waals surface area contributed by atoms with Gasteiger partial charge in [0.1, 0.15) is 5.76 Å². The first kappa shape index (κ1) is 16.1. The first-order valence-corrected chi connectivity index (χ1v) is 6.39. The summed E-state index contributed by atoms with van der Waals surface area (Å²) in [5.74, 6) is -4.99. The molecule has 0 saturated heterocycles. The second kappa shape index (κ2) is 5.19. The summed E-state index contributed by atoms with van der Waals surface area (Å²) >= 11 is 0. The molecule has 0 spiro atoms. The van der Waals surface area contributed by atoms with Gasteiger partial charge in [-0.1, -0.05) is 0 Å². The van der Waals surface area contributed by atoms with Crippen molar-refractivity contribution in [2.45, 2.75) is 19.5 Å². The number of allylic oxidation sites excluding steroid dienone is 1. The Morgan fingerprint density at radius 1 is 1.41 bits per heavy atom. The van der Waals surface area contributed by atoms with Crippen LogP contribution in [0.5, 0.6) is 0 Å². The molecular weight excluding hydrogens is 303 g/mol. The van der Waals surface area contributed by atoms with Crippen molar-refractivity contribution in [1.82, 2.24) is 4.90 Å². The maximum absolute atomic E-state index is 13.2. The number of hydrogen-bond donors (Lipinski definition) is 1. The molecule has 0 aliphatic heterocycles. The van der Waals surface area contributed by atoms with E-state index in [9.17, 15) is 22.8 Å².